The molecule has 0 aliphatic carbocycles. The second kappa shape index (κ2) is 7.90. The van der Waals surface area contributed by atoms with Gasteiger partial charge in [0.25, 0.3) is 0 Å². The van der Waals surface area contributed by atoms with Crippen LogP contribution in [0.2, 0.25) is 0 Å². The van der Waals surface area contributed by atoms with Gasteiger partial charge in [0.15, 0.2) is 0 Å². The number of rotatable bonds is 9. The van der Waals surface area contributed by atoms with Crippen LogP contribution in [0.4, 0.5) is 17.6 Å². The van der Waals surface area contributed by atoms with E-state index in [1.165, 1.54) is 0 Å². The molecule has 0 unspecified atom stereocenters. The lowest BCUT2D eigenvalue weighted by Crippen LogP contribution is -2.34. The zero-order valence-electron chi connectivity index (χ0n) is 8.92. The molecule has 0 aliphatic rings. The molecule has 0 aliphatic heterocycles. The van der Waals surface area contributed by atoms with Crippen LogP contribution in [0.5, 0.6) is 0 Å². The normalized spacial score (nSPS) is 13.1. The predicted octanol–water partition coefficient (Wildman–Crippen LogP) is 5.74. The highest BCUT2D eigenvalue weighted by atomic mass is 79.9. The first kappa shape index (κ1) is 16.7. The Labute approximate surface area is 110 Å². The largest absolute Gasteiger partial charge is 0.363 e. The highest BCUT2D eigenvalue weighted by Gasteiger charge is 2.53. The third-order valence-electron chi connectivity index (χ3n) is 2.29. The molecule has 16 heavy (non-hydrogen) atoms. The Morgan fingerprint density at radius 2 is 1.19 bits per heavy atom. The van der Waals surface area contributed by atoms with Crippen LogP contribution in [0.3, 0.4) is 0 Å². The summed E-state index contributed by atoms with van der Waals surface area (Å²) in [6, 6.07) is 0. The number of halogens is 6. The summed E-state index contributed by atoms with van der Waals surface area (Å²) >= 11 is 5.01. The topological polar surface area (TPSA) is 0 Å². The van der Waals surface area contributed by atoms with Crippen molar-refractivity contribution >= 4 is 31.9 Å². The second-order valence-electron chi connectivity index (χ2n) is 3.76. The van der Waals surface area contributed by atoms with Crippen LogP contribution < -0.4 is 0 Å². The average molecular weight is 372 g/mol. The van der Waals surface area contributed by atoms with Crippen LogP contribution in [0.1, 0.15) is 44.9 Å². The van der Waals surface area contributed by atoms with Crippen molar-refractivity contribution in [2.75, 3.05) is 5.33 Å². The molecule has 0 fully saturated rings. The minimum absolute atomic E-state index is 0.141. The van der Waals surface area contributed by atoms with Gasteiger partial charge in [-0.1, -0.05) is 41.6 Å². The Morgan fingerprint density at radius 1 is 0.750 bits per heavy atom. The van der Waals surface area contributed by atoms with E-state index >= 15 is 0 Å². The molecule has 0 bridgehead atoms. The second-order valence-corrected chi connectivity index (χ2v) is 5.55. The first-order chi connectivity index (χ1) is 7.31. The van der Waals surface area contributed by atoms with Crippen molar-refractivity contribution in [2.45, 2.75) is 55.7 Å². The van der Waals surface area contributed by atoms with E-state index in [-0.39, 0.29) is 6.42 Å². The Morgan fingerprint density at radius 3 is 1.62 bits per heavy atom. The van der Waals surface area contributed by atoms with Gasteiger partial charge in [-0.05, 0) is 28.8 Å². The summed E-state index contributed by atoms with van der Waals surface area (Å²) in [6.45, 7) is 0. The molecular formula is C10H16Br2F4. The minimum atomic E-state index is -4.09. The molecular weight excluding hydrogens is 356 g/mol. The summed E-state index contributed by atoms with van der Waals surface area (Å²) in [6.07, 6.45) is 3.89. The number of hydrogen-bond donors (Lipinski definition) is 0. The van der Waals surface area contributed by atoms with Crippen molar-refractivity contribution in [3.8, 4) is 0 Å². The Kier molecular flexibility index (Phi) is 8.24. The fraction of sp³-hybridized carbons (Fsp3) is 1.00. The predicted molar refractivity (Wildman–Crippen MR) is 64.9 cm³/mol. The quantitative estimate of drug-likeness (QED) is 0.275. The zero-order chi connectivity index (χ0) is 12.7. The molecule has 0 heterocycles. The third-order valence-corrected chi connectivity index (χ3v) is 3.43. The molecule has 6 heteroatoms. The molecule has 0 aromatic heterocycles. The van der Waals surface area contributed by atoms with Gasteiger partial charge in [0.05, 0.1) is 0 Å². The third kappa shape index (κ3) is 7.09. The fourth-order valence-electron chi connectivity index (χ4n) is 1.29. The first-order valence-electron chi connectivity index (χ1n) is 5.32. The maximum absolute atomic E-state index is 12.8. The van der Waals surface area contributed by atoms with Crippen LogP contribution in [-0.2, 0) is 0 Å². The van der Waals surface area contributed by atoms with E-state index in [1.807, 2.05) is 0 Å². The Balaban J connectivity index is 3.51. The van der Waals surface area contributed by atoms with Crippen LogP contribution in [0, 0.1) is 0 Å². The molecule has 98 valence electrons. The molecule has 0 amide bonds. The maximum atomic E-state index is 12.8. The smallest absolute Gasteiger partial charge is 0.199 e. The van der Waals surface area contributed by atoms with Crippen molar-refractivity contribution in [3.63, 3.8) is 0 Å². The van der Waals surface area contributed by atoms with Gasteiger partial charge in [0.2, 0.25) is 0 Å². The zero-order valence-corrected chi connectivity index (χ0v) is 12.1. The lowest BCUT2D eigenvalue weighted by Gasteiger charge is -2.21. The van der Waals surface area contributed by atoms with E-state index in [0.29, 0.717) is 6.42 Å². The van der Waals surface area contributed by atoms with Crippen LogP contribution in [-0.4, -0.2) is 16.1 Å². The molecule has 0 spiro atoms. The standard InChI is InChI=1S/C10H16Br2F4/c11-8-6-4-2-1-3-5-7-9(13,14)10(12,15)16/h1-8H2. The molecule has 0 aromatic carbocycles. The molecule has 0 saturated carbocycles. The van der Waals surface area contributed by atoms with Gasteiger partial charge in [0.1, 0.15) is 0 Å². The molecule has 0 aromatic rings. The van der Waals surface area contributed by atoms with Gasteiger partial charge >= 0.3 is 10.8 Å². The molecule has 0 N–H and O–H groups in total. The monoisotopic (exact) mass is 370 g/mol. The summed E-state index contributed by atoms with van der Waals surface area (Å²) < 4.78 is 50.2. The van der Waals surface area contributed by atoms with Gasteiger partial charge in [-0.15, -0.1) is 0 Å². The van der Waals surface area contributed by atoms with E-state index in [1.54, 1.807) is 15.9 Å². The minimum Gasteiger partial charge on any atom is -0.199 e. The summed E-state index contributed by atoms with van der Waals surface area (Å²) in [4.78, 5) is -4.09. The van der Waals surface area contributed by atoms with Gasteiger partial charge < -0.3 is 0 Å². The highest BCUT2D eigenvalue weighted by molar-refractivity contribution is 9.10. The molecule has 0 saturated heterocycles. The van der Waals surface area contributed by atoms with E-state index in [9.17, 15) is 17.6 Å². The number of alkyl halides is 6. The van der Waals surface area contributed by atoms with Crippen molar-refractivity contribution in [1.29, 1.82) is 0 Å². The van der Waals surface area contributed by atoms with Crippen molar-refractivity contribution in [1.82, 2.24) is 0 Å². The lowest BCUT2D eigenvalue weighted by molar-refractivity contribution is -0.151. The lowest BCUT2D eigenvalue weighted by atomic mass is 10.1. The van der Waals surface area contributed by atoms with Gasteiger partial charge in [0, 0.05) is 11.8 Å². The summed E-state index contributed by atoms with van der Waals surface area (Å²) in [5, 5.41) is 0.945. The molecule has 0 nitrogen and oxygen atoms in total. The SMILES string of the molecule is FC(F)(Br)C(F)(F)CCCCCCCCBr. The van der Waals surface area contributed by atoms with Gasteiger partial charge in [-0.3, -0.25) is 0 Å². The molecule has 0 atom stereocenters. The van der Waals surface area contributed by atoms with E-state index in [0.717, 1.165) is 31.0 Å². The fourth-order valence-corrected chi connectivity index (χ4v) is 1.89. The Hall–Kier alpha value is 0.680. The van der Waals surface area contributed by atoms with Crippen LogP contribution in [0.15, 0.2) is 0 Å². The van der Waals surface area contributed by atoms with Crippen molar-refractivity contribution in [2.24, 2.45) is 0 Å². The van der Waals surface area contributed by atoms with Gasteiger partial charge in [-0.25, -0.2) is 0 Å². The van der Waals surface area contributed by atoms with Crippen molar-refractivity contribution in [3.05, 3.63) is 0 Å². The molecule has 0 rings (SSSR count). The highest BCUT2D eigenvalue weighted by Crippen LogP contribution is 2.42. The van der Waals surface area contributed by atoms with E-state index in [4.69, 9.17) is 0 Å². The summed E-state index contributed by atoms with van der Waals surface area (Å²) in [5.74, 6) is -3.94. The van der Waals surface area contributed by atoms with Crippen LogP contribution in [0.25, 0.3) is 0 Å². The van der Waals surface area contributed by atoms with Crippen LogP contribution >= 0.6 is 31.9 Å². The maximum Gasteiger partial charge on any atom is 0.363 e. The Bertz CT molecular complexity index is 180. The number of unbranched alkanes of at least 4 members (excludes halogenated alkanes) is 5. The number of hydrogen-bond acceptors (Lipinski definition) is 0. The average Bonchev–Trinajstić information content (AvgIpc) is 2.14. The van der Waals surface area contributed by atoms with E-state index < -0.39 is 17.2 Å². The van der Waals surface area contributed by atoms with E-state index in [2.05, 4.69) is 15.9 Å². The summed E-state index contributed by atoms with van der Waals surface area (Å²) in [5.41, 5.74) is 0. The summed E-state index contributed by atoms with van der Waals surface area (Å²) in [7, 11) is 0. The first-order valence-corrected chi connectivity index (χ1v) is 7.23. The van der Waals surface area contributed by atoms with Gasteiger partial charge in [-0.2, -0.15) is 17.6 Å². The van der Waals surface area contributed by atoms with Crippen molar-refractivity contribution < 1.29 is 17.6 Å². The molecule has 0 radical (unpaired) electrons.